The van der Waals surface area contributed by atoms with Crippen LogP contribution in [0.25, 0.3) is 16.9 Å². The number of hydrogen-bond acceptors (Lipinski definition) is 4. The molecule has 0 aliphatic heterocycles. The highest BCUT2D eigenvalue weighted by atomic mass is 79.9. The van der Waals surface area contributed by atoms with Crippen LogP contribution in [0, 0.1) is 0 Å². The van der Waals surface area contributed by atoms with Gasteiger partial charge < -0.3 is 14.5 Å². The number of carbonyl (C=O) groups is 1. The number of furan rings is 1. The Morgan fingerprint density at radius 1 is 1.00 bits per heavy atom. The lowest BCUT2D eigenvalue weighted by Gasteiger charge is -2.07. The molecule has 0 bridgehead atoms. The molecule has 5 rings (SSSR count). The highest BCUT2D eigenvalue weighted by Gasteiger charge is 2.16. The van der Waals surface area contributed by atoms with E-state index < -0.39 is 0 Å². The summed E-state index contributed by atoms with van der Waals surface area (Å²) >= 11 is 9.56. The van der Waals surface area contributed by atoms with Gasteiger partial charge in [0, 0.05) is 28.3 Å². The molecular formula is C28H21BrClN3O3. The van der Waals surface area contributed by atoms with Gasteiger partial charge >= 0.3 is 0 Å². The maximum Gasteiger partial charge on any atom is 0.287 e. The average Bonchev–Trinajstić information content (AvgIpc) is 3.56. The molecule has 180 valence electrons. The molecule has 2 aromatic heterocycles. The molecule has 0 saturated heterocycles. The highest BCUT2D eigenvalue weighted by molar-refractivity contribution is 9.10. The molecule has 0 saturated carbocycles. The Morgan fingerprint density at radius 2 is 1.75 bits per heavy atom. The molecule has 0 atom stereocenters. The van der Waals surface area contributed by atoms with Crippen molar-refractivity contribution in [2.75, 3.05) is 0 Å². The number of aromatic nitrogens is 2. The third-order valence-corrected chi connectivity index (χ3v) is 6.24. The van der Waals surface area contributed by atoms with Crippen molar-refractivity contribution < 1.29 is 13.9 Å². The van der Waals surface area contributed by atoms with Gasteiger partial charge in [0.25, 0.3) is 5.91 Å². The van der Waals surface area contributed by atoms with Gasteiger partial charge in [-0.3, -0.25) is 4.79 Å². The summed E-state index contributed by atoms with van der Waals surface area (Å²) in [7, 11) is 0. The van der Waals surface area contributed by atoms with Crippen LogP contribution in [-0.2, 0) is 13.2 Å². The number of carbonyl (C=O) groups excluding carboxylic acids is 1. The van der Waals surface area contributed by atoms with E-state index in [4.69, 9.17) is 25.9 Å². The van der Waals surface area contributed by atoms with Gasteiger partial charge in [-0.1, -0.05) is 76.1 Å². The van der Waals surface area contributed by atoms with Crippen molar-refractivity contribution in [1.82, 2.24) is 15.1 Å². The molecule has 1 N–H and O–H groups in total. The number of rotatable bonds is 8. The second-order valence-corrected chi connectivity index (χ2v) is 9.28. The van der Waals surface area contributed by atoms with Crippen LogP contribution in [0.5, 0.6) is 5.75 Å². The van der Waals surface area contributed by atoms with Gasteiger partial charge in [-0.15, -0.1) is 0 Å². The van der Waals surface area contributed by atoms with Crippen LogP contribution < -0.4 is 10.1 Å². The molecule has 6 nitrogen and oxygen atoms in total. The first-order valence-corrected chi connectivity index (χ1v) is 12.4. The normalized spacial score (nSPS) is 10.8. The fourth-order valence-corrected chi connectivity index (χ4v) is 4.40. The van der Waals surface area contributed by atoms with Crippen LogP contribution in [0.2, 0.25) is 5.02 Å². The number of amides is 1. The van der Waals surface area contributed by atoms with Crippen molar-refractivity contribution in [2.24, 2.45) is 0 Å². The van der Waals surface area contributed by atoms with E-state index in [1.165, 1.54) is 0 Å². The smallest absolute Gasteiger partial charge is 0.287 e. The fourth-order valence-electron chi connectivity index (χ4n) is 3.67. The minimum Gasteiger partial charge on any atom is -0.484 e. The van der Waals surface area contributed by atoms with E-state index in [2.05, 4.69) is 21.2 Å². The molecule has 0 spiro atoms. The first-order chi connectivity index (χ1) is 17.6. The molecule has 0 unspecified atom stereocenters. The summed E-state index contributed by atoms with van der Waals surface area (Å²) < 4.78 is 14.1. The molecule has 0 radical (unpaired) electrons. The highest BCUT2D eigenvalue weighted by Crippen LogP contribution is 2.28. The van der Waals surface area contributed by atoms with Crippen LogP contribution in [0.4, 0.5) is 0 Å². The van der Waals surface area contributed by atoms with Crippen LogP contribution in [0.3, 0.4) is 0 Å². The Labute approximate surface area is 221 Å². The molecule has 36 heavy (non-hydrogen) atoms. The Kier molecular flexibility index (Phi) is 7.21. The summed E-state index contributed by atoms with van der Waals surface area (Å²) in [6, 6.07) is 28.4. The zero-order chi connectivity index (χ0) is 24.9. The van der Waals surface area contributed by atoms with Gasteiger partial charge in [-0.05, 0) is 42.5 Å². The van der Waals surface area contributed by atoms with E-state index in [-0.39, 0.29) is 24.8 Å². The van der Waals surface area contributed by atoms with Gasteiger partial charge in [0.1, 0.15) is 18.1 Å². The molecule has 8 heteroatoms. The predicted molar refractivity (Wildman–Crippen MR) is 142 cm³/mol. The lowest BCUT2D eigenvalue weighted by atomic mass is 10.1. The second kappa shape index (κ2) is 10.8. The first-order valence-electron chi connectivity index (χ1n) is 11.2. The van der Waals surface area contributed by atoms with E-state index >= 15 is 0 Å². The number of hydrogen-bond donors (Lipinski definition) is 1. The molecule has 3 aromatic carbocycles. The minimum absolute atomic E-state index is 0.149. The molecule has 1 amide bonds. The average molecular weight is 563 g/mol. The number of para-hydroxylation sites is 1. The number of benzene rings is 3. The second-order valence-electron chi connectivity index (χ2n) is 7.96. The Hall–Kier alpha value is -3.81. The third-order valence-electron chi connectivity index (χ3n) is 5.45. The van der Waals surface area contributed by atoms with Crippen LogP contribution in [-0.4, -0.2) is 15.7 Å². The largest absolute Gasteiger partial charge is 0.484 e. The summed E-state index contributed by atoms with van der Waals surface area (Å²) in [5, 5.41) is 8.21. The van der Waals surface area contributed by atoms with Gasteiger partial charge in [-0.25, -0.2) is 4.68 Å². The minimum atomic E-state index is -0.325. The fraction of sp³-hybridized carbons (Fsp3) is 0.0714. The summed E-state index contributed by atoms with van der Waals surface area (Å²) in [5.41, 5.74) is 3.60. The van der Waals surface area contributed by atoms with Crippen molar-refractivity contribution in [3.63, 3.8) is 0 Å². The Morgan fingerprint density at radius 3 is 2.50 bits per heavy atom. The molecule has 0 aliphatic carbocycles. The Bertz CT molecular complexity index is 1480. The third kappa shape index (κ3) is 5.53. The maximum atomic E-state index is 12.8. The monoisotopic (exact) mass is 561 g/mol. The molecule has 0 fully saturated rings. The summed E-state index contributed by atoms with van der Waals surface area (Å²) in [6.45, 7) is 0.438. The first kappa shape index (κ1) is 23.9. The van der Waals surface area contributed by atoms with Crippen LogP contribution in [0.15, 0.2) is 106 Å². The quantitative estimate of drug-likeness (QED) is 0.220. The topological polar surface area (TPSA) is 69.3 Å². The van der Waals surface area contributed by atoms with E-state index in [1.54, 1.807) is 24.3 Å². The lowest BCUT2D eigenvalue weighted by molar-refractivity contribution is 0.0919. The standard InChI is InChI=1S/C28H21BrClN3O3/c29-21-11-13-25(24(30)15-21)35-18-23-12-14-26(36-23)28(34)31-16-20-17-33(22-9-5-2-6-10-22)32-27(20)19-7-3-1-4-8-19/h1-15,17H,16,18H2,(H,31,34). The molecule has 5 aromatic rings. The number of ether oxygens (including phenoxy) is 1. The van der Waals surface area contributed by atoms with Crippen molar-refractivity contribution in [3.05, 3.63) is 124 Å². The zero-order valence-electron chi connectivity index (χ0n) is 19.0. The van der Waals surface area contributed by atoms with Gasteiger partial charge in [0.05, 0.1) is 16.4 Å². The SMILES string of the molecule is O=C(NCc1cn(-c2ccccc2)nc1-c1ccccc1)c1ccc(COc2ccc(Br)cc2Cl)o1. The van der Waals surface area contributed by atoms with Crippen LogP contribution in [0.1, 0.15) is 21.9 Å². The van der Waals surface area contributed by atoms with Crippen molar-refractivity contribution >= 4 is 33.4 Å². The van der Waals surface area contributed by atoms with Gasteiger partial charge in [-0.2, -0.15) is 5.10 Å². The van der Waals surface area contributed by atoms with Crippen molar-refractivity contribution in [3.8, 4) is 22.7 Å². The summed E-state index contributed by atoms with van der Waals surface area (Å²) in [6.07, 6.45) is 1.93. The molecule has 2 heterocycles. The maximum absolute atomic E-state index is 12.8. The van der Waals surface area contributed by atoms with E-state index in [1.807, 2.05) is 77.6 Å². The van der Waals surface area contributed by atoms with E-state index in [0.717, 1.165) is 27.0 Å². The van der Waals surface area contributed by atoms with E-state index in [0.29, 0.717) is 16.5 Å². The van der Waals surface area contributed by atoms with Crippen molar-refractivity contribution in [2.45, 2.75) is 13.2 Å². The Balaban J connectivity index is 1.28. The van der Waals surface area contributed by atoms with Gasteiger partial charge in [0.15, 0.2) is 5.76 Å². The lowest BCUT2D eigenvalue weighted by Crippen LogP contribution is -2.22. The zero-order valence-corrected chi connectivity index (χ0v) is 21.4. The van der Waals surface area contributed by atoms with Crippen LogP contribution >= 0.6 is 27.5 Å². The number of nitrogens with one attached hydrogen (secondary N) is 1. The molecule has 0 aliphatic rings. The van der Waals surface area contributed by atoms with Crippen molar-refractivity contribution in [1.29, 1.82) is 0 Å². The summed E-state index contributed by atoms with van der Waals surface area (Å²) in [4.78, 5) is 12.8. The molecular weight excluding hydrogens is 542 g/mol. The van der Waals surface area contributed by atoms with Gasteiger partial charge in [0.2, 0.25) is 0 Å². The number of nitrogens with zero attached hydrogens (tertiary/aromatic N) is 2. The number of halogens is 2. The summed E-state index contributed by atoms with van der Waals surface area (Å²) in [5.74, 6) is 0.925. The van der Waals surface area contributed by atoms with E-state index in [9.17, 15) is 4.79 Å². The predicted octanol–water partition coefficient (Wildman–Crippen LogP) is 7.06.